The number of piperidine rings is 1. The van der Waals surface area contributed by atoms with Crippen molar-refractivity contribution in [1.82, 2.24) is 10.3 Å². The lowest BCUT2D eigenvalue weighted by atomic mass is 10.1. The first-order chi connectivity index (χ1) is 12.0. The first kappa shape index (κ1) is 19.4. The van der Waals surface area contributed by atoms with Crippen LogP contribution in [0.1, 0.15) is 32.6 Å². The second-order valence-electron chi connectivity index (χ2n) is 5.87. The lowest BCUT2D eigenvalue weighted by Crippen LogP contribution is -2.44. The Morgan fingerprint density at radius 1 is 1.12 bits per heavy atom. The van der Waals surface area contributed by atoms with Crippen molar-refractivity contribution in [2.24, 2.45) is 5.10 Å². The van der Waals surface area contributed by atoms with E-state index in [1.807, 2.05) is 24.3 Å². The van der Waals surface area contributed by atoms with E-state index in [2.05, 4.69) is 38.4 Å². The van der Waals surface area contributed by atoms with Gasteiger partial charge in [0.05, 0.1) is 6.42 Å². The minimum absolute atomic E-state index is 0.0319. The van der Waals surface area contributed by atoms with Crippen molar-refractivity contribution < 1.29 is 14.4 Å². The molecule has 0 atom stereocenters. The zero-order valence-corrected chi connectivity index (χ0v) is 16.2. The summed E-state index contributed by atoms with van der Waals surface area (Å²) in [5.41, 5.74) is 3.35. The second kappa shape index (κ2) is 9.50. The molecule has 1 aromatic rings. The molecule has 1 saturated heterocycles. The molecule has 2 rings (SSSR count). The summed E-state index contributed by atoms with van der Waals surface area (Å²) in [5.74, 6) is -1.57. The summed E-state index contributed by atoms with van der Waals surface area (Å²) in [6.07, 6.45) is 2.95. The van der Waals surface area contributed by atoms with E-state index < -0.39 is 11.8 Å². The number of likely N-dealkylation sites (tertiary alicyclic amines) is 1. The molecular formula is C17H21IN4O3. The Balaban J connectivity index is 1.79. The summed E-state index contributed by atoms with van der Waals surface area (Å²) in [4.78, 5) is 37.3. The number of hydrogen-bond acceptors (Lipinski definition) is 4. The van der Waals surface area contributed by atoms with Gasteiger partial charge in [0.25, 0.3) is 0 Å². The topological polar surface area (TPSA) is 90.9 Å². The van der Waals surface area contributed by atoms with Gasteiger partial charge in [0.2, 0.25) is 5.91 Å². The number of rotatable bonds is 4. The fraction of sp³-hybridized carbons (Fsp3) is 0.412. The maximum atomic E-state index is 12.0. The molecule has 0 radical (unpaired) electrons. The van der Waals surface area contributed by atoms with Crippen molar-refractivity contribution >= 4 is 51.7 Å². The summed E-state index contributed by atoms with van der Waals surface area (Å²) >= 11 is 2.19. The molecule has 1 fully saturated rings. The van der Waals surface area contributed by atoms with Crippen LogP contribution in [0.2, 0.25) is 0 Å². The van der Waals surface area contributed by atoms with Crippen LogP contribution in [-0.4, -0.2) is 41.4 Å². The van der Waals surface area contributed by atoms with E-state index in [1.165, 1.54) is 4.90 Å². The lowest BCUT2D eigenvalue weighted by Gasteiger charge is -2.25. The van der Waals surface area contributed by atoms with Gasteiger partial charge in [-0.25, -0.2) is 5.43 Å². The second-order valence-corrected chi connectivity index (χ2v) is 7.12. The van der Waals surface area contributed by atoms with Crippen molar-refractivity contribution in [2.45, 2.75) is 32.6 Å². The smallest absolute Gasteiger partial charge is 0.329 e. The van der Waals surface area contributed by atoms with Crippen LogP contribution in [0.25, 0.3) is 0 Å². The fourth-order valence-electron chi connectivity index (χ4n) is 2.44. The van der Waals surface area contributed by atoms with Crippen LogP contribution in [-0.2, 0) is 14.4 Å². The molecule has 25 heavy (non-hydrogen) atoms. The van der Waals surface area contributed by atoms with Gasteiger partial charge in [-0.05, 0) is 73.0 Å². The Morgan fingerprint density at radius 3 is 2.40 bits per heavy atom. The molecule has 0 spiro atoms. The molecular weight excluding hydrogens is 435 g/mol. The van der Waals surface area contributed by atoms with Crippen LogP contribution >= 0.6 is 22.6 Å². The van der Waals surface area contributed by atoms with Gasteiger partial charge in [-0.2, -0.15) is 5.10 Å². The summed E-state index contributed by atoms with van der Waals surface area (Å²) < 4.78 is 1.08. The first-order valence-electron chi connectivity index (χ1n) is 8.13. The van der Waals surface area contributed by atoms with E-state index in [1.54, 1.807) is 6.92 Å². The normalized spacial score (nSPS) is 14.8. The number of halogens is 1. The van der Waals surface area contributed by atoms with Gasteiger partial charge in [-0.1, -0.05) is 0 Å². The van der Waals surface area contributed by atoms with Gasteiger partial charge >= 0.3 is 11.8 Å². The molecule has 0 aliphatic carbocycles. The zero-order valence-electron chi connectivity index (χ0n) is 14.0. The number of anilines is 1. The number of carbonyl (C=O) groups is 3. The van der Waals surface area contributed by atoms with Gasteiger partial charge in [-0.15, -0.1) is 0 Å². The summed E-state index contributed by atoms with van der Waals surface area (Å²) in [6.45, 7) is 2.83. The van der Waals surface area contributed by atoms with Gasteiger partial charge in [0.15, 0.2) is 0 Å². The van der Waals surface area contributed by atoms with Crippen LogP contribution in [0.15, 0.2) is 29.4 Å². The summed E-state index contributed by atoms with van der Waals surface area (Å²) in [6, 6.07) is 7.41. The summed E-state index contributed by atoms with van der Waals surface area (Å²) in [7, 11) is 0. The van der Waals surface area contributed by atoms with Crippen molar-refractivity contribution in [3.8, 4) is 0 Å². The standard InChI is InChI=1S/C17H21IN4O3/c1-12(11-15(23)19-14-7-5-13(18)6-8-14)20-21-16(24)17(25)22-9-3-2-4-10-22/h5-8H,2-4,9-11H2,1H3,(H,19,23)(H,21,24)/b20-12+. The third kappa shape index (κ3) is 6.45. The van der Waals surface area contributed by atoms with Crippen molar-refractivity contribution in [3.63, 3.8) is 0 Å². The molecule has 2 N–H and O–H groups in total. The van der Waals surface area contributed by atoms with Crippen LogP contribution in [0, 0.1) is 3.57 Å². The van der Waals surface area contributed by atoms with E-state index in [-0.39, 0.29) is 12.3 Å². The number of benzene rings is 1. The molecule has 1 aliphatic heterocycles. The Kier molecular flexibility index (Phi) is 7.35. The van der Waals surface area contributed by atoms with E-state index in [0.717, 1.165) is 22.8 Å². The highest BCUT2D eigenvalue weighted by atomic mass is 127. The Hall–Kier alpha value is -1.97. The molecule has 7 nitrogen and oxygen atoms in total. The number of carbonyl (C=O) groups excluding carboxylic acids is 3. The van der Waals surface area contributed by atoms with Gasteiger partial charge < -0.3 is 10.2 Å². The SMILES string of the molecule is C/C(CC(=O)Nc1ccc(I)cc1)=N\NC(=O)C(=O)N1CCCCC1. The van der Waals surface area contributed by atoms with Gasteiger partial charge in [-0.3, -0.25) is 14.4 Å². The molecule has 0 saturated carbocycles. The Labute approximate surface area is 160 Å². The van der Waals surface area contributed by atoms with Crippen LogP contribution in [0.5, 0.6) is 0 Å². The maximum absolute atomic E-state index is 12.0. The predicted octanol–water partition coefficient (Wildman–Crippen LogP) is 2.12. The predicted molar refractivity (Wildman–Crippen MR) is 104 cm³/mol. The molecule has 3 amide bonds. The molecule has 1 heterocycles. The minimum atomic E-state index is -0.765. The Morgan fingerprint density at radius 2 is 1.76 bits per heavy atom. The zero-order chi connectivity index (χ0) is 18.2. The average molecular weight is 456 g/mol. The number of nitrogens with one attached hydrogen (secondary N) is 2. The van der Waals surface area contributed by atoms with E-state index >= 15 is 0 Å². The highest BCUT2D eigenvalue weighted by Gasteiger charge is 2.23. The van der Waals surface area contributed by atoms with Gasteiger partial charge in [0.1, 0.15) is 0 Å². The van der Waals surface area contributed by atoms with Crippen LogP contribution in [0.4, 0.5) is 5.69 Å². The monoisotopic (exact) mass is 456 g/mol. The van der Waals surface area contributed by atoms with Crippen molar-refractivity contribution in [3.05, 3.63) is 27.8 Å². The molecule has 0 unspecified atom stereocenters. The largest absolute Gasteiger partial charge is 0.334 e. The minimum Gasteiger partial charge on any atom is -0.334 e. The third-order valence-corrected chi connectivity index (χ3v) is 4.45. The molecule has 0 bridgehead atoms. The molecule has 0 aromatic heterocycles. The third-order valence-electron chi connectivity index (χ3n) is 3.73. The summed E-state index contributed by atoms with van der Waals surface area (Å²) in [5, 5.41) is 6.59. The number of hydrogen-bond donors (Lipinski definition) is 2. The molecule has 1 aromatic carbocycles. The average Bonchev–Trinajstić information content (AvgIpc) is 2.61. The highest BCUT2D eigenvalue weighted by molar-refractivity contribution is 14.1. The lowest BCUT2D eigenvalue weighted by molar-refractivity contribution is -0.146. The number of nitrogens with zero attached hydrogens (tertiary/aromatic N) is 2. The highest BCUT2D eigenvalue weighted by Crippen LogP contribution is 2.11. The number of amides is 3. The van der Waals surface area contributed by atoms with Crippen LogP contribution in [0.3, 0.4) is 0 Å². The van der Waals surface area contributed by atoms with Gasteiger partial charge in [0, 0.05) is 28.1 Å². The first-order valence-corrected chi connectivity index (χ1v) is 9.21. The van der Waals surface area contributed by atoms with Crippen molar-refractivity contribution in [1.29, 1.82) is 0 Å². The number of hydrazone groups is 1. The van der Waals surface area contributed by atoms with Crippen LogP contribution < -0.4 is 10.7 Å². The van der Waals surface area contributed by atoms with Crippen molar-refractivity contribution in [2.75, 3.05) is 18.4 Å². The Bertz CT molecular complexity index is 667. The van der Waals surface area contributed by atoms with E-state index in [0.29, 0.717) is 24.5 Å². The van der Waals surface area contributed by atoms with E-state index in [4.69, 9.17) is 0 Å². The quantitative estimate of drug-likeness (QED) is 0.315. The molecule has 8 heteroatoms. The molecule has 1 aliphatic rings. The molecule has 134 valence electrons. The fourth-order valence-corrected chi connectivity index (χ4v) is 2.80. The van der Waals surface area contributed by atoms with E-state index in [9.17, 15) is 14.4 Å². The maximum Gasteiger partial charge on any atom is 0.329 e.